The molecule has 8 unspecified atom stereocenters. The van der Waals surface area contributed by atoms with E-state index in [1.54, 1.807) is 0 Å². The summed E-state index contributed by atoms with van der Waals surface area (Å²) < 4.78 is 10.6. The Labute approximate surface area is 398 Å². The average Bonchev–Trinajstić information content (AvgIpc) is 3.20. The van der Waals surface area contributed by atoms with E-state index in [1.807, 2.05) is 0 Å². The molecule has 0 N–H and O–H groups in total. The number of carbonyl (C=O) groups is 2. The van der Waals surface area contributed by atoms with Gasteiger partial charge in [-0.15, -0.1) is 116 Å². The van der Waals surface area contributed by atoms with Crippen LogP contribution in [0.25, 0.3) is 0 Å². The van der Waals surface area contributed by atoms with Crippen LogP contribution in [0.2, 0.25) is 0 Å². The molecule has 0 rings (SSSR count). The molecule has 0 fully saturated rings. The summed E-state index contributed by atoms with van der Waals surface area (Å²) in [5.74, 6) is 1.27. The smallest absolute Gasteiger partial charge is 0.325 e. The Balaban J connectivity index is 3.97. The first-order chi connectivity index (χ1) is 27.0. The van der Waals surface area contributed by atoms with E-state index >= 15 is 0 Å². The van der Waals surface area contributed by atoms with Gasteiger partial charge in [0.2, 0.25) is 0 Å². The van der Waals surface area contributed by atoms with Crippen molar-refractivity contribution in [1.29, 1.82) is 0 Å². The molecule has 334 valence electrons. The van der Waals surface area contributed by atoms with Crippen molar-refractivity contribution >= 4 is 150 Å². The average molecular weight is 1030 g/mol. The highest BCUT2D eigenvalue weighted by atomic mass is 35.5. The molecule has 0 aromatic carbocycles. The predicted octanol–water partition coefficient (Wildman–Crippen LogP) is 16.2. The van der Waals surface area contributed by atoms with Gasteiger partial charge in [0.05, 0.1) is 32.3 Å². The minimum atomic E-state index is -1.12. The summed E-state index contributed by atoms with van der Waals surface area (Å²) in [6, 6.07) is 0. The van der Waals surface area contributed by atoms with E-state index in [0.717, 1.165) is 50.3 Å². The molecule has 56 heavy (non-hydrogen) atoms. The highest BCUT2D eigenvalue weighted by Gasteiger charge is 2.36. The fourth-order valence-electron chi connectivity index (χ4n) is 5.98. The van der Waals surface area contributed by atoms with Gasteiger partial charge in [0.15, 0.2) is 0 Å². The van der Waals surface area contributed by atoms with E-state index in [0.29, 0.717) is 24.3 Å². The van der Waals surface area contributed by atoms with Gasteiger partial charge in [-0.1, -0.05) is 150 Å². The van der Waals surface area contributed by atoms with Gasteiger partial charge in [0.1, 0.15) is 24.0 Å². The predicted molar refractivity (Wildman–Crippen MR) is 256 cm³/mol. The molecule has 16 heteroatoms. The zero-order valence-corrected chi connectivity index (χ0v) is 42.3. The number of alkyl halides is 10. The van der Waals surface area contributed by atoms with Gasteiger partial charge in [0, 0.05) is 23.3 Å². The summed E-state index contributed by atoms with van der Waals surface area (Å²) in [5, 5.41) is -6.10. The number of rotatable bonds is 41. The molecule has 0 saturated heterocycles. The van der Waals surface area contributed by atoms with Gasteiger partial charge in [-0.3, -0.25) is 9.59 Å². The minimum absolute atomic E-state index is 0.138. The second-order valence-corrected chi connectivity index (χ2v) is 21.9. The van der Waals surface area contributed by atoms with E-state index in [2.05, 4.69) is 0 Å². The molecule has 0 aliphatic heterocycles. The first kappa shape index (κ1) is 58.5. The van der Waals surface area contributed by atoms with E-state index < -0.39 is 55.0 Å². The lowest BCUT2D eigenvalue weighted by Crippen LogP contribution is -2.38. The second-order valence-electron chi connectivity index (χ2n) is 14.3. The summed E-state index contributed by atoms with van der Waals surface area (Å²) >= 11 is 63.0. The highest BCUT2D eigenvalue weighted by molar-refractivity contribution is 8.76. The molecule has 0 spiro atoms. The Kier molecular flexibility index (Phi) is 43.4. The second kappa shape index (κ2) is 41.5. The van der Waals surface area contributed by atoms with Crippen molar-refractivity contribution in [2.24, 2.45) is 0 Å². The molecular formula is C40H68Cl10O4S2. The summed E-state index contributed by atoms with van der Waals surface area (Å²) in [5.41, 5.74) is 0. The van der Waals surface area contributed by atoms with Gasteiger partial charge in [0.25, 0.3) is 0 Å². The number of ether oxygens (including phenoxy) is 2. The minimum Gasteiger partial charge on any atom is -0.464 e. The molecule has 0 heterocycles. The van der Waals surface area contributed by atoms with Crippen molar-refractivity contribution in [3.63, 3.8) is 0 Å². The maximum absolute atomic E-state index is 12.5. The number of halogens is 10. The van der Waals surface area contributed by atoms with Crippen LogP contribution in [-0.2, 0) is 19.1 Å². The van der Waals surface area contributed by atoms with Crippen molar-refractivity contribution in [3.05, 3.63) is 0 Å². The third-order valence-corrected chi connectivity index (χ3v) is 17.2. The quantitative estimate of drug-likeness (QED) is 0.0263. The largest absolute Gasteiger partial charge is 0.464 e. The van der Waals surface area contributed by atoms with E-state index in [9.17, 15) is 9.59 Å². The van der Waals surface area contributed by atoms with Gasteiger partial charge >= 0.3 is 11.9 Å². The van der Waals surface area contributed by atoms with Crippen LogP contribution in [0.4, 0.5) is 0 Å². The number of unbranched alkanes of at least 4 members (excludes halogenated alkanes) is 20. The molecule has 0 bridgehead atoms. The molecule has 4 nitrogen and oxygen atoms in total. The van der Waals surface area contributed by atoms with Crippen molar-refractivity contribution in [2.45, 2.75) is 197 Å². The van der Waals surface area contributed by atoms with Crippen molar-refractivity contribution in [3.8, 4) is 0 Å². The normalized spacial score (nSPS) is 16.1. The van der Waals surface area contributed by atoms with Gasteiger partial charge in [-0.05, 0) is 25.7 Å². The fourth-order valence-corrected chi connectivity index (χ4v) is 10.5. The maximum atomic E-state index is 12.5. The van der Waals surface area contributed by atoms with Crippen molar-refractivity contribution in [1.82, 2.24) is 0 Å². The lowest BCUT2D eigenvalue weighted by atomic mass is 10.0. The van der Waals surface area contributed by atoms with Crippen LogP contribution in [0.5, 0.6) is 0 Å². The fraction of sp³-hybridized carbons (Fsp3) is 0.950. The molecule has 0 aromatic rings. The monoisotopic (exact) mass is 1030 g/mol. The van der Waals surface area contributed by atoms with Crippen LogP contribution >= 0.6 is 138 Å². The van der Waals surface area contributed by atoms with Gasteiger partial charge < -0.3 is 9.47 Å². The lowest BCUT2D eigenvalue weighted by molar-refractivity contribution is -0.143. The number of esters is 2. The van der Waals surface area contributed by atoms with Crippen LogP contribution in [0.15, 0.2) is 0 Å². The summed E-state index contributed by atoms with van der Waals surface area (Å²) in [6.07, 6.45) is 27.8. The Bertz CT molecular complexity index is 849. The van der Waals surface area contributed by atoms with Crippen LogP contribution in [0, 0.1) is 0 Å². The molecule has 0 radical (unpaired) electrons. The molecule has 8 atom stereocenters. The highest BCUT2D eigenvalue weighted by Crippen LogP contribution is 2.30. The number of hydrogen-bond acceptors (Lipinski definition) is 6. The molecular weight excluding hydrogens is 963 g/mol. The third-order valence-electron chi connectivity index (χ3n) is 9.44. The first-order valence-corrected chi connectivity index (χ1v) is 27.9. The summed E-state index contributed by atoms with van der Waals surface area (Å²) in [6.45, 7) is 0.276. The molecule has 0 amide bonds. The first-order valence-electron chi connectivity index (χ1n) is 20.8. The third kappa shape index (κ3) is 32.2. The lowest BCUT2D eigenvalue weighted by Gasteiger charge is -2.23. The summed E-state index contributed by atoms with van der Waals surface area (Å²) in [7, 11) is 2.92. The van der Waals surface area contributed by atoms with Crippen molar-refractivity contribution in [2.75, 3.05) is 36.5 Å². The zero-order chi connectivity index (χ0) is 41.8. The Hall–Kier alpha value is 2.54. The van der Waals surface area contributed by atoms with Crippen LogP contribution in [-0.4, -0.2) is 91.4 Å². The molecule has 0 aliphatic carbocycles. The van der Waals surface area contributed by atoms with Gasteiger partial charge in [-0.2, -0.15) is 0 Å². The Morgan fingerprint density at radius 2 is 0.625 bits per heavy atom. The Morgan fingerprint density at radius 1 is 0.375 bits per heavy atom. The van der Waals surface area contributed by atoms with Crippen molar-refractivity contribution < 1.29 is 19.1 Å². The SMILES string of the molecule is O=C(OCCSSCCOC(=O)C(Cl)C(Cl)C(Cl)C(Cl)CCCCCCCCCCCCCCl)C(Cl)C(Cl)C(Cl)C(Cl)CCCCCCCCCCCCCCl. The van der Waals surface area contributed by atoms with E-state index in [4.69, 9.17) is 125 Å². The maximum Gasteiger partial charge on any atom is 0.325 e. The molecule has 0 aliphatic rings. The van der Waals surface area contributed by atoms with Crippen LogP contribution < -0.4 is 0 Å². The molecule has 0 aromatic heterocycles. The Morgan fingerprint density at radius 3 is 0.893 bits per heavy atom. The zero-order valence-electron chi connectivity index (χ0n) is 33.1. The van der Waals surface area contributed by atoms with Crippen LogP contribution in [0.1, 0.15) is 154 Å². The molecule has 0 saturated carbocycles. The number of carbonyl (C=O) groups excluding carboxylic acids is 2. The van der Waals surface area contributed by atoms with Gasteiger partial charge in [-0.25, -0.2) is 0 Å². The van der Waals surface area contributed by atoms with E-state index in [1.165, 1.54) is 124 Å². The topological polar surface area (TPSA) is 52.6 Å². The van der Waals surface area contributed by atoms with E-state index in [-0.39, 0.29) is 13.2 Å². The standard InChI is InChI=1S/C40H68Cl10O4S2/c41-25-21-17-13-9-5-1-3-7-11-15-19-23-31(43)33(45)35(47)37(49)39(51)53-27-29-55-56-30-28-54-40(52)38(50)36(48)34(46)32(44)24-20-16-12-8-4-2-6-10-14-18-22-26-42/h31-38H,1-30H2. The van der Waals surface area contributed by atoms with Crippen LogP contribution in [0.3, 0.4) is 0 Å². The summed E-state index contributed by atoms with van der Waals surface area (Å²) in [4.78, 5) is 25.0. The number of hydrogen-bond donors (Lipinski definition) is 0.